The highest BCUT2D eigenvalue weighted by Crippen LogP contribution is 2.35. The number of rotatable bonds is 6. The van der Waals surface area contributed by atoms with Crippen molar-refractivity contribution in [2.24, 2.45) is 0 Å². The number of ether oxygens (including phenoxy) is 2. The Morgan fingerprint density at radius 3 is 1.54 bits per heavy atom. The lowest BCUT2D eigenvalue weighted by Crippen LogP contribution is -2.02. The Labute approximate surface area is 138 Å². The molecule has 0 aromatic heterocycles. The number of carboxylic acid groups (broad SMARTS) is 1. The molecule has 0 saturated heterocycles. The number of esters is 2. The molecule has 1 aromatic carbocycles. The Morgan fingerprint density at radius 2 is 1.25 bits per heavy atom. The lowest BCUT2D eigenvalue weighted by Gasteiger charge is -2.01. The van der Waals surface area contributed by atoms with Gasteiger partial charge in [-0.25, -0.2) is 4.79 Å². The van der Waals surface area contributed by atoms with Crippen LogP contribution >= 0.6 is 0 Å². The van der Waals surface area contributed by atoms with E-state index in [0.717, 1.165) is 12.1 Å². The zero-order valence-corrected chi connectivity index (χ0v) is 13.3. The largest absolute Gasteiger partial charge is 0.504 e. The van der Waals surface area contributed by atoms with Gasteiger partial charge in [-0.1, -0.05) is 0 Å². The van der Waals surface area contributed by atoms with E-state index >= 15 is 0 Å². The number of aromatic carboxylic acids is 1. The van der Waals surface area contributed by atoms with Gasteiger partial charge in [-0.05, 0) is 25.0 Å². The molecule has 9 heteroatoms. The quantitative estimate of drug-likeness (QED) is 0.341. The highest BCUT2D eigenvalue weighted by Gasteiger charge is 2.11. The summed E-state index contributed by atoms with van der Waals surface area (Å²) in [5, 5.41) is 35.0. The molecular weight excluding hydrogens is 324 g/mol. The van der Waals surface area contributed by atoms with Gasteiger partial charge in [0.1, 0.15) is 0 Å². The topological polar surface area (TPSA) is 151 Å². The summed E-state index contributed by atoms with van der Waals surface area (Å²) < 4.78 is 8.86. The summed E-state index contributed by atoms with van der Waals surface area (Å²) in [5.74, 6) is -3.81. The van der Waals surface area contributed by atoms with Crippen LogP contribution in [0.1, 0.15) is 36.0 Å². The van der Waals surface area contributed by atoms with Crippen molar-refractivity contribution in [1.29, 1.82) is 0 Å². The van der Waals surface area contributed by atoms with Gasteiger partial charge in [0.2, 0.25) is 0 Å². The maximum atomic E-state index is 10.6. The number of hydrogen-bond acceptors (Lipinski definition) is 8. The van der Waals surface area contributed by atoms with Crippen molar-refractivity contribution in [2.45, 2.75) is 25.7 Å². The molecule has 134 valence electrons. The van der Waals surface area contributed by atoms with Crippen molar-refractivity contribution in [3.63, 3.8) is 0 Å². The van der Waals surface area contributed by atoms with E-state index in [1.807, 2.05) is 0 Å². The summed E-state index contributed by atoms with van der Waals surface area (Å²) >= 11 is 0. The van der Waals surface area contributed by atoms with Crippen LogP contribution in [0.2, 0.25) is 0 Å². The Hall–Kier alpha value is -2.97. The van der Waals surface area contributed by atoms with E-state index in [-0.39, 0.29) is 17.5 Å². The number of carbonyl (C=O) groups excluding carboxylic acids is 2. The van der Waals surface area contributed by atoms with Crippen LogP contribution in [0, 0.1) is 0 Å². The minimum absolute atomic E-state index is 0.236. The van der Waals surface area contributed by atoms with Crippen LogP contribution in [0.4, 0.5) is 0 Å². The van der Waals surface area contributed by atoms with Crippen LogP contribution < -0.4 is 0 Å². The number of methoxy groups -OCH3 is 2. The number of benzene rings is 1. The van der Waals surface area contributed by atoms with Crippen LogP contribution in [0.25, 0.3) is 0 Å². The van der Waals surface area contributed by atoms with E-state index < -0.39 is 23.2 Å². The standard InChI is InChI=1S/C8H14O4.C7H6O5/c1-11-7(9)5-3-4-6-8(10)12-2;8-4-1-3(7(11)12)2-5(9)6(4)10/h3-6H2,1-2H3;1-2,8-10H,(H,11,12). The molecule has 0 saturated carbocycles. The second-order valence-corrected chi connectivity index (χ2v) is 4.53. The van der Waals surface area contributed by atoms with Crippen LogP contribution in [-0.2, 0) is 19.1 Å². The molecule has 0 aliphatic heterocycles. The number of hydrogen-bond donors (Lipinski definition) is 4. The zero-order chi connectivity index (χ0) is 18.7. The molecule has 24 heavy (non-hydrogen) atoms. The Balaban J connectivity index is 0.000000441. The second-order valence-electron chi connectivity index (χ2n) is 4.53. The van der Waals surface area contributed by atoms with Crippen LogP contribution in [0.3, 0.4) is 0 Å². The number of phenols is 3. The number of aromatic hydroxyl groups is 3. The number of phenolic OH excluding ortho intramolecular Hbond substituents is 3. The predicted octanol–water partition coefficient (Wildman–Crippen LogP) is 1.39. The third-order valence-electron chi connectivity index (χ3n) is 2.78. The molecule has 0 heterocycles. The molecule has 0 radical (unpaired) electrons. The Bertz CT molecular complexity index is 539. The number of carboxylic acids is 1. The van der Waals surface area contributed by atoms with Gasteiger partial charge in [-0.2, -0.15) is 0 Å². The van der Waals surface area contributed by atoms with Crippen molar-refractivity contribution in [1.82, 2.24) is 0 Å². The Kier molecular flexibility index (Phi) is 9.38. The van der Waals surface area contributed by atoms with Gasteiger partial charge >= 0.3 is 17.9 Å². The summed E-state index contributed by atoms with van der Waals surface area (Å²) in [4.78, 5) is 31.5. The van der Waals surface area contributed by atoms with E-state index in [1.54, 1.807) is 0 Å². The van der Waals surface area contributed by atoms with E-state index in [0.29, 0.717) is 25.7 Å². The molecule has 9 nitrogen and oxygen atoms in total. The first kappa shape index (κ1) is 21.0. The fraction of sp³-hybridized carbons (Fsp3) is 0.400. The lowest BCUT2D eigenvalue weighted by molar-refractivity contribution is -0.142. The maximum Gasteiger partial charge on any atom is 0.335 e. The van der Waals surface area contributed by atoms with Crippen molar-refractivity contribution in [3.8, 4) is 17.2 Å². The van der Waals surface area contributed by atoms with Gasteiger partial charge in [0, 0.05) is 12.8 Å². The van der Waals surface area contributed by atoms with Crippen molar-refractivity contribution >= 4 is 17.9 Å². The summed E-state index contributed by atoms with van der Waals surface area (Å²) in [6.45, 7) is 0. The third kappa shape index (κ3) is 7.87. The van der Waals surface area contributed by atoms with Crippen molar-refractivity contribution in [3.05, 3.63) is 17.7 Å². The molecule has 0 fully saturated rings. The fourth-order valence-corrected chi connectivity index (χ4v) is 1.47. The molecule has 0 amide bonds. The summed E-state index contributed by atoms with van der Waals surface area (Å²) in [6.07, 6.45) is 2.07. The van der Waals surface area contributed by atoms with Gasteiger partial charge in [0.05, 0.1) is 19.8 Å². The lowest BCUT2D eigenvalue weighted by atomic mass is 10.2. The summed E-state index contributed by atoms with van der Waals surface area (Å²) in [7, 11) is 2.70. The maximum absolute atomic E-state index is 10.6. The summed E-state index contributed by atoms with van der Waals surface area (Å²) in [5.41, 5.74) is -0.289. The van der Waals surface area contributed by atoms with Gasteiger partial charge < -0.3 is 29.9 Å². The second kappa shape index (κ2) is 10.7. The van der Waals surface area contributed by atoms with E-state index in [2.05, 4.69) is 9.47 Å². The van der Waals surface area contributed by atoms with Gasteiger partial charge in [-0.15, -0.1) is 0 Å². The van der Waals surface area contributed by atoms with E-state index in [9.17, 15) is 14.4 Å². The molecule has 4 N–H and O–H groups in total. The highest BCUT2D eigenvalue weighted by atomic mass is 16.5. The molecule has 0 unspecified atom stereocenters. The average molecular weight is 344 g/mol. The first-order valence-corrected chi connectivity index (χ1v) is 6.84. The average Bonchev–Trinajstić information content (AvgIpc) is 2.55. The van der Waals surface area contributed by atoms with Gasteiger partial charge in [0.25, 0.3) is 0 Å². The van der Waals surface area contributed by atoms with Gasteiger partial charge in [0.15, 0.2) is 17.2 Å². The van der Waals surface area contributed by atoms with Crippen LogP contribution in [0.5, 0.6) is 17.2 Å². The minimum atomic E-state index is -1.29. The zero-order valence-electron chi connectivity index (χ0n) is 13.3. The SMILES string of the molecule is COC(=O)CCCCC(=O)OC.O=C(O)c1cc(O)c(O)c(O)c1. The van der Waals surface area contributed by atoms with Crippen molar-refractivity contribution in [2.75, 3.05) is 14.2 Å². The third-order valence-corrected chi connectivity index (χ3v) is 2.78. The molecule has 1 aromatic rings. The fourth-order valence-electron chi connectivity index (χ4n) is 1.47. The first-order chi connectivity index (χ1) is 11.2. The van der Waals surface area contributed by atoms with Gasteiger partial charge in [-0.3, -0.25) is 9.59 Å². The molecule has 0 spiro atoms. The smallest absolute Gasteiger partial charge is 0.335 e. The van der Waals surface area contributed by atoms with E-state index in [1.165, 1.54) is 14.2 Å². The van der Waals surface area contributed by atoms with E-state index in [4.69, 9.17) is 20.4 Å². The number of unbranched alkanes of at least 4 members (excludes halogenated alkanes) is 1. The van der Waals surface area contributed by atoms with Crippen LogP contribution in [-0.4, -0.2) is 52.6 Å². The normalized spacial score (nSPS) is 9.42. The molecule has 0 atom stereocenters. The number of carbonyl (C=O) groups is 3. The predicted molar refractivity (Wildman–Crippen MR) is 80.9 cm³/mol. The molecule has 0 bridgehead atoms. The molecular formula is C15H20O9. The molecule has 0 aliphatic carbocycles. The minimum Gasteiger partial charge on any atom is -0.504 e. The summed E-state index contributed by atoms with van der Waals surface area (Å²) in [6, 6.07) is 1.69. The van der Waals surface area contributed by atoms with Crippen LogP contribution in [0.15, 0.2) is 12.1 Å². The molecule has 0 aliphatic rings. The van der Waals surface area contributed by atoms with Crippen molar-refractivity contribution < 1.29 is 44.3 Å². The highest BCUT2D eigenvalue weighted by molar-refractivity contribution is 5.89. The molecule has 1 rings (SSSR count). The monoisotopic (exact) mass is 344 g/mol. The first-order valence-electron chi connectivity index (χ1n) is 6.84. The Morgan fingerprint density at radius 1 is 0.875 bits per heavy atom.